The Morgan fingerprint density at radius 1 is 1.40 bits per heavy atom. The van der Waals surface area contributed by atoms with Crippen LogP contribution in [0.3, 0.4) is 0 Å². The highest BCUT2D eigenvalue weighted by Crippen LogP contribution is 2.09. The second-order valence-corrected chi connectivity index (χ2v) is 7.99. The fraction of sp³-hybridized carbons (Fsp3) is 0.750. The van der Waals surface area contributed by atoms with Crippen LogP contribution < -0.4 is 10.0 Å². The van der Waals surface area contributed by atoms with Gasteiger partial charge in [-0.2, -0.15) is 16.9 Å². The summed E-state index contributed by atoms with van der Waals surface area (Å²) in [4.78, 5) is 0.218. The molecule has 2 N–H and O–H groups in total. The van der Waals surface area contributed by atoms with Gasteiger partial charge in [-0.3, -0.25) is 4.68 Å². The van der Waals surface area contributed by atoms with Crippen LogP contribution in [-0.2, 0) is 16.6 Å². The normalized spacial score (nSPS) is 13.8. The molecule has 0 aromatic carbocycles. The minimum Gasteiger partial charge on any atom is -0.313 e. The summed E-state index contributed by atoms with van der Waals surface area (Å²) in [7, 11) is -3.45. The molecular formula is C12H24N4O2S2. The predicted molar refractivity (Wildman–Crippen MR) is 83.5 cm³/mol. The second kappa shape index (κ2) is 8.02. The highest BCUT2D eigenvalue weighted by Gasteiger charge is 2.17. The molecule has 1 unspecified atom stereocenters. The number of aromatic nitrogens is 2. The molecule has 1 heterocycles. The lowest BCUT2D eigenvalue weighted by atomic mass is 10.4. The molecule has 20 heavy (non-hydrogen) atoms. The van der Waals surface area contributed by atoms with E-state index in [0.29, 0.717) is 19.1 Å². The Hall–Kier alpha value is -0.570. The maximum atomic E-state index is 12.1. The van der Waals surface area contributed by atoms with Gasteiger partial charge >= 0.3 is 0 Å². The van der Waals surface area contributed by atoms with Gasteiger partial charge in [-0.25, -0.2) is 13.1 Å². The molecular weight excluding hydrogens is 296 g/mol. The van der Waals surface area contributed by atoms with E-state index in [2.05, 4.69) is 29.0 Å². The molecule has 1 rings (SSSR count). The number of nitrogens with one attached hydrogen (secondary N) is 2. The molecule has 0 aliphatic rings. The minimum atomic E-state index is -3.45. The molecule has 0 radical (unpaired) electrons. The largest absolute Gasteiger partial charge is 0.313 e. The van der Waals surface area contributed by atoms with Gasteiger partial charge < -0.3 is 5.32 Å². The van der Waals surface area contributed by atoms with E-state index in [1.807, 2.05) is 13.2 Å². The lowest BCUT2D eigenvalue weighted by molar-refractivity contribution is 0.515. The monoisotopic (exact) mass is 320 g/mol. The molecule has 0 saturated carbocycles. The van der Waals surface area contributed by atoms with Gasteiger partial charge in [-0.15, -0.1) is 0 Å². The molecule has 0 aliphatic carbocycles. The SMILES string of the molecule is CSC(C)CNS(=O)(=O)c1cnn(CCNC(C)C)c1. The zero-order chi connectivity index (χ0) is 15.2. The molecule has 116 valence electrons. The maximum Gasteiger partial charge on any atom is 0.243 e. The van der Waals surface area contributed by atoms with Crippen LogP contribution in [-0.4, -0.2) is 48.8 Å². The summed E-state index contributed by atoms with van der Waals surface area (Å²) in [5.41, 5.74) is 0. The van der Waals surface area contributed by atoms with Crippen molar-refractivity contribution in [2.45, 2.75) is 43.5 Å². The van der Waals surface area contributed by atoms with Crippen molar-refractivity contribution in [3.8, 4) is 0 Å². The third-order valence-corrected chi connectivity index (χ3v) is 5.13. The Morgan fingerprint density at radius 2 is 2.10 bits per heavy atom. The van der Waals surface area contributed by atoms with E-state index >= 15 is 0 Å². The molecule has 1 atom stereocenters. The molecule has 0 saturated heterocycles. The van der Waals surface area contributed by atoms with Crippen molar-refractivity contribution in [2.24, 2.45) is 0 Å². The summed E-state index contributed by atoms with van der Waals surface area (Å²) in [6.07, 6.45) is 4.91. The van der Waals surface area contributed by atoms with Crippen molar-refractivity contribution in [1.29, 1.82) is 0 Å². The highest BCUT2D eigenvalue weighted by molar-refractivity contribution is 7.99. The molecule has 8 heteroatoms. The van der Waals surface area contributed by atoms with Crippen molar-refractivity contribution >= 4 is 21.8 Å². The lowest BCUT2D eigenvalue weighted by Crippen LogP contribution is -2.29. The molecule has 0 bridgehead atoms. The van der Waals surface area contributed by atoms with Gasteiger partial charge in [-0.05, 0) is 6.26 Å². The maximum absolute atomic E-state index is 12.1. The first kappa shape index (κ1) is 17.5. The lowest BCUT2D eigenvalue weighted by Gasteiger charge is -2.09. The number of hydrogen-bond donors (Lipinski definition) is 2. The zero-order valence-corrected chi connectivity index (χ0v) is 14.1. The fourth-order valence-electron chi connectivity index (χ4n) is 1.47. The van der Waals surface area contributed by atoms with Crippen molar-refractivity contribution in [2.75, 3.05) is 19.3 Å². The predicted octanol–water partition coefficient (Wildman–Crippen LogP) is 0.911. The van der Waals surface area contributed by atoms with Crippen LogP contribution in [0.5, 0.6) is 0 Å². The van der Waals surface area contributed by atoms with E-state index in [1.54, 1.807) is 22.6 Å². The first-order chi connectivity index (χ1) is 9.35. The third kappa shape index (κ3) is 5.82. The van der Waals surface area contributed by atoms with Gasteiger partial charge in [-0.1, -0.05) is 20.8 Å². The van der Waals surface area contributed by atoms with Crippen LogP contribution in [0.2, 0.25) is 0 Å². The Labute approximate surface area is 125 Å². The first-order valence-electron chi connectivity index (χ1n) is 6.63. The summed E-state index contributed by atoms with van der Waals surface area (Å²) < 4.78 is 28.4. The molecule has 0 aliphatic heterocycles. The van der Waals surface area contributed by atoms with Crippen molar-refractivity contribution in [3.63, 3.8) is 0 Å². The molecule has 0 fully saturated rings. The van der Waals surface area contributed by atoms with Crippen molar-refractivity contribution in [3.05, 3.63) is 12.4 Å². The van der Waals surface area contributed by atoms with Gasteiger partial charge in [0.1, 0.15) is 4.90 Å². The molecule has 0 amide bonds. The van der Waals surface area contributed by atoms with Gasteiger partial charge in [0, 0.05) is 30.6 Å². The number of sulfonamides is 1. The topological polar surface area (TPSA) is 76.0 Å². The van der Waals surface area contributed by atoms with E-state index in [0.717, 1.165) is 6.54 Å². The zero-order valence-electron chi connectivity index (χ0n) is 12.5. The fourth-order valence-corrected chi connectivity index (χ4v) is 2.91. The average Bonchev–Trinajstić information content (AvgIpc) is 2.85. The minimum absolute atomic E-state index is 0.218. The first-order valence-corrected chi connectivity index (χ1v) is 9.40. The smallest absolute Gasteiger partial charge is 0.243 e. The summed E-state index contributed by atoms with van der Waals surface area (Å²) in [5.74, 6) is 0. The van der Waals surface area contributed by atoms with E-state index in [4.69, 9.17) is 0 Å². The number of nitrogens with zero attached hydrogens (tertiary/aromatic N) is 2. The van der Waals surface area contributed by atoms with E-state index in [1.165, 1.54) is 6.20 Å². The Kier molecular flexibility index (Phi) is 7.01. The van der Waals surface area contributed by atoms with E-state index < -0.39 is 10.0 Å². The van der Waals surface area contributed by atoms with Crippen LogP contribution in [0.1, 0.15) is 20.8 Å². The summed E-state index contributed by atoms with van der Waals surface area (Å²) in [6, 6.07) is 0.406. The number of hydrogen-bond acceptors (Lipinski definition) is 5. The summed E-state index contributed by atoms with van der Waals surface area (Å²) >= 11 is 1.62. The van der Waals surface area contributed by atoms with Gasteiger partial charge in [0.2, 0.25) is 10.0 Å². The molecule has 6 nitrogen and oxygen atoms in total. The van der Waals surface area contributed by atoms with E-state index in [-0.39, 0.29) is 10.1 Å². The van der Waals surface area contributed by atoms with Crippen LogP contribution in [0.25, 0.3) is 0 Å². The summed E-state index contributed by atoms with van der Waals surface area (Å²) in [5, 5.41) is 7.59. The van der Waals surface area contributed by atoms with Crippen LogP contribution >= 0.6 is 11.8 Å². The Balaban J connectivity index is 2.56. The standard InChI is InChI=1S/C12H24N4O2S2/c1-10(2)13-5-6-16-9-12(8-14-16)20(17,18)15-7-11(3)19-4/h8-11,13,15H,5-7H2,1-4H3. The summed E-state index contributed by atoms with van der Waals surface area (Å²) in [6.45, 7) is 7.94. The molecule has 1 aromatic rings. The molecule has 0 spiro atoms. The van der Waals surface area contributed by atoms with Crippen LogP contribution in [0, 0.1) is 0 Å². The number of rotatable bonds is 9. The Morgan fingerprint density at radius 3 is 2.70 bits per heavy atom. The van der Waals surface area contributed by atoms with Crippen molar-refractivity contribution < 1.29 is 8.42 Å². The average molecular weight is 320 g/mol. The van der Waals surface area contributed by atoms with Gasteiger partial charge in [0.15, 0.2) is 0 Å². The second-order valence-electron chi connectivity index (χ2n) is 4.95. The van der Waals surface area contributed by atoms with Gasteiger partial charge in [0.25, 0.3) is 0 Å². The highest BCUT2D eigenvalue weighted by atomic mass is 32.2. The van der Waals surface area contributed by atoms with Gasteiger partial charge in [0.05, 0.1) is 12.7 Å². The Bertz CT molecular complexity index is 499. The van der Waals surface area contributed by atoms with E-state index in [9.17, 15) is 8.42 Å². The quantitative estimate of drug-likeness (QED) is 0.707. The van der Waals surface area contributed by atoms with Crippen LogP contribution in [0.4, 0.5) is 0 Å². The third-order valence-electron chi connectivity index (χ3n) is 2.78. The van der Waals surface area contributed by atoms with Crippen molar-refractivity contribution in [1.82, 2.24) is 19.8 Å². The number of thioether (sulfide) groups is 1. The molecule has 1 aromatic heterocycles. The van der Waals surface area contributed by atoms with Crippen LogP contribution in [0.15, 0.2) is 17.3 Å².